The smallest absolute Gasteiger partial charge is 0.119 e. The first-order valence-electron chi connectivity index (χ1n) is 6.93. The van der Waals surface area contributed by atoms with Crippen molar-refractivity contribution in [1.82, 2.24) is 0 Å². The number of ether oxygens (including phenoxy) is 1. The van der Waals surface area contributed by atoms with Crippen molar-refractivity contribution in [2.45, 2.75) is 57.4 Å². The summed E-state index contributed by atoms with van der Waals surface area (Å²) in [6.45, 7) is 6.75. The maximum atomic E-state index is 6.07. The molecule has 18 heavy (non-hydrogen) atoms. The Kier molecular flexibility index (Phi) is 4.37. The van der Waals surface area contributed by atoms with Crippen LogP contribution in [0.25, 0.3) is 0 Å². The predicted octanol–water partition coefficient (Wildman–Crippen LogP) is 4.97. The first-order chi connectivity index (χ1) is 8.54. The summed E-state index contributed by atoms with van der Waals surface area (Å²) in [5, 5.41) is 0. The maximum absolute atomic E-state index is 6.07. The molecule has 1 aliphatic rings. The van der Waals surface area contributed by atoms with Crippen molar-refractivity contribution in [2.75, 3.05) is 0 Å². The van der Waals surface area contributed by atoms with Crippen molar-refractivity contribution in [2.24, 2.45) is 5.41 Å². The van der Waals surface area contributed by atoms with Crippen LogP contribution in [0.5, 0.6) is 5.75 Å². The van der Waals surface area contributed by atoms with E-state index in [-0.39, 0.29) is 5.41 Å². The SMILES string of the molecule is CCCCc1ccc(OC2CC(Br)C2(C)C)cc1. The van der Waals surface area contributed by atoms with E-state index in [0.717, 1.165) is 12.2 Å². The van der Waals surface area contributed by atoms with Crippen LogP contribution in [0.3, 0.4) is 0 Å². The van der Waals surface area contributed by atoms with Gasteiger partial charge in [-0.2, -0.15) is 0 Å². The van der Waals surface area contributed by atoms with E-state index in [2.05, 4.69) is 61.0 Å². The average Bonchev–Trinajstić information content (AvgIpc) is 2.37. The van der Waals surface area contributed by atoms with Gasteiger partial charge in [-0.1, -0.05) is 55.3 Å². The zero-order valence-electron chi connectivity index (χ0n) is 11.6. The van der Waals surface area contributed by atoms with E-state index in [1.807, 2.05) is 0 Å². The molecule has 0 bridgehead atoms. The Labute approximate surface area is 119 Å². The molecule has 1 aliphatic carbocycles. The second-order valence-electron chi connectivity index (χ2n) is 5.88. The number of rotatable bonds is 5. The van der Waals surface area contributed by atoms with Crippen LogP contribution < -0.4 is 4.74 Å². The number of hydrogen-bond donors (Lipinski definition) is 0. The molecule has 1 aromatic rings. The lowest BCUT2D eigenvalue weighted by molar-refractivity contribution is -0.00780. The maximum Gasteiger partial charge on any atom is 0.119 e. The molecular formula is C16H23BrO. The Bertz CT molecular complexity index is 383. The Morgan fingerprint density at radius 3 is 2.44 bits per heavy atom. The lowest BCUT2D eigenvalue weighted by Gasteiger charge is -2.48. The van der Waals surface area contributed by atoms with Crippen molar-refractivity contribution < 1.29 is 4.74 Å². The fourth-order valence-corrected chi connectivity index (χ4v) is 2.95. The van der Waals surface area contributed by atoms with Crippen LogP contribution in [0.1, 0.15) is 45.6 Å². The van der Waals surface area contributed by atoms with Crippen molar-refractivity contribution in [1.29, 1.82) is 0 Å². The van der Waals surface area contributed by atoms with Gasteiger partial charge in [0.1, 0.15) is 11.9 Å². The molecule has 1 fully saturated rings. The van der Waals surface area contributed by atoms with Crippen LogP contribution in [0.15, 0.2) is 24.3 Å². The highest BCUT2D eigenvalue weighted by Gasteiger charge is 2.48. The molecule has 0 aliphatic heterocycles. The Morgan fingerprint density at radius 2 is 1.94 bits per heavy atom. The van der Waals surface area contributed by atoms with Gasteiger partial charge in [-0.15, -0.1) is 0 Å². The summed E-state index contributed by atoms with van der Waals surface area (Å²) in [6, 6.07) is 8.62. The molecule has 1 nitrogen and oxygen atoms in total. The van der Waals surface area contributed by atoms with E-state index in [1.54, 1.807) is 0 Å². The largest absolute Gasteiger partial charge is 0.490 e. The molecular weight excluding hydrogens is 288 g/mol. The van der Waals surface area contributed by atoms with Crippen molar-refractivity contribution in [3.05, 3.63) is 29.8 Å². The number of benzene rings is 1. The molecule has 1 aromatic carbocycles. The summed E-state index contributed by atoms with van der Waals surface area (Å²) in [7, 11) is 0. The number of unbranched alkanes of at least 4 members (excludes halogenated alkanes) is 1. The molecule has 2 atom stereocenters. The highest BCUT2D eigenvalue weighted by Crippen LogP contribution is 2.47. The molecule has 0 aromatic heterocycles. The normalized spacial score (nSPS) is 25.6. The van der Waals surface area contributed by atoms with Crippen LogP contribution in [-0.2, 0) is 6.42 Å². The summed E-state index contributed by atoms with van der Waals surface area (Å²) in [4.78, 5) is 0.582. The molecule has 0 N–H and O–H groups in total. The Balaban J connectivity index is 1.91. The zero-order valence-corrected chi connectivity index (χ0v) is 13.2. The molecule has 0 radical (unpaired) electrons. The second kappa shape index (κ2) is 5.64. The number of halogens is 1. The quantitative estimate of drug-likeness (QED) is 0.698. The summed E-state index contributed by atoms with van der Waals surface area (Å²) < 4.78 is 6.07. The van der Waals surface area contributed by atoms with Crippen LogP contribution in [0, 0.1) is 5.41 Å². The van der Waals surface area contributed by atoms with Crippen LogP contribution in [0.4, 0.5) is 0 Å². The minimum Gasteiger partial charge on any atom is -0.490 e. The molecule has 0 saturated heterocycles. The summed E-state index contributed by atoms with van der Waals surface area (Å²) >= 11 is 3.70. The van der Waals surface area contributed by atoms with Crippen molar-refractivity contribution in [3.8, 4) is 5.75 Å². The molecule has 0 amide bonds. The molecule has 100 valence electrons. The van der Waals surface area contributed by atoms with Gasteiger partial charge in [-0.3, -0.25) is 0 Å². The van der Waals surface area contributed by atoms with Gasteiger partial charge in [0.25, 0.3) is 0 Å². The monoisotopic (exact) mass is 310 g/mol. The van der Waals surface area contributed by atoms with Crippen LogP contribution in [0.2, 0.25) is 0 Å². The highest BCUT2D eigenvalue weighted by molar-refractivity contribution is 9.09. The summed E-state index contributed by atoms with van der Waals surface area (Å²) in [6.07, 6.45) is 5.13. The molecule has 0 spiro atoms. The number of hydrogen-bond acceptors (Lipinski definition) is 1. The third-order valence-electron chi connectivity index (χ3n) is 4.08. The van der Waals surface area contributed by atoms with Gasteiger partial charge in [0.05, 0.1) is 0 Å². The van der Waals surface area contributed by atoms with Gasteiger partial charge in [0.15, 0.2) is 0 Å². The van der Waals surface area contributed by atoms with E-state index in [9.17, 15) is 0 Å². The fraction of sp³-hybridized carbons (Fsp3) is 0.625. The zero-order chi connectivity index (χ0) is 13.2. The van der Waals surface area contributed by atoms with Crippen LogP contribution in [-0.4, -0.2) is 10.9 Å². The minimum atomic E-state index is 0.237. The van der Waals surface area contributed by atoms with Gasteiger partial charge in [-0.25, -0.2) is 0 Å². The molecule has 2 unspecified atom stereocenters. The highest BCUT2D eigenvalue weighted by atomic mass is 79.9. The lowest BCUT2D eigenvalue weighted by atomic mass is 9.69. The molecule has 1 saturated carbocycles. The molecule has 2 rings (SSSR count). The summed E-state index contributed by atoms with van der Waals surface area (Å²) in [5.41, 5.74) is 1.65. The van der Waals surface area contributed by atoms with E-state index < -0.39 is 0 Å². The first-order valence-corrected chi connectivity index (χ1v) is 7.85. The topological polar surface area (TPSA) is 9.23 Å². The van der Waals surface area contributed by atoms with E-state index in [1.165, 1.54) is 24.8 Å². The average molecular weight is 311 g/mol. The second-order valence-corrected chi connectivity index (χ2v) is 6.98. The van der Waals surface area contributed by atoms with Crippen molar-refractivity contribution in [3.63, 3.8) is 0 Å². The fourth-order valence-electron chi connectivity index (χ4n) is 2.32. The predicted molar refractivity (Wildman–Crippen MR) is 80.6 cm³/mol. The van der Waals surface area contributed by atoms with Gasteiger partial charge < -0.3 is 4.74 Å². The number of alkyl halides is 1. The van der Waals surface area contributed by atoms with E-state index >= 15 is 0 Å². The summed E-state index contributed by atoms with van der Waals surface area (Å²) in [5.74, 6) is 1.01. The third-order valence-corrected chi connectivity index (χ3v) is 5.63. The molecule has 0 heterocycles. The van der Waals surface area contributed by atoms with Crippen molar-refractivity contribution >= 4 is 15.9 Å². The lowest BCUT2D eigenvalue weighted by Crippen LogP contribution is -2.53. The molecule has 2 heteroatoms. The standard InChI is InChI=1S/C16H23BrO/c1-4-5-6-12-7-9-13(10-8-12)18-15-11-14(17)16(15,2)3/h7-10,14-15H,4-6,11H2,1-3H3. The van der Waals surface area contributed by atoms with E-state index in [0.29, 0.717) is 10.9 Å². The Morgan fingerprint density at radius 1 is 1.28 bits per heavy atom. The van der Waals surface area contributed by atoms with Crippen LogP contribution >= 0.6 is 15.9 Å². The van der Waals surface area contributed by atoms with Gasteiger partial charge in [0, 0.05) is 10.2 Å². The van der Waals surface area contributed by atoms with Gasteiger partial charge >= 0.3 is 0 Å². The minimum absolute atomic E-state index is 0.237. The first kappa shape index (κ1) is 13.9. The Hall–Kier alpha value is -0.500. The number of aryl methyl sites for hydroxylation is 1. The van der Waals surface area contributed by atoms with Gasteiger partial charge in [-0.05, 0) is 37.0 Å². The third kappa shape index (κ3) is 2.90. The van der Waals surface area contributed by atoms with Gasteiger partial charge in [0.2, 0.25) is 0 Å². The van der Waals surface area contributed by atoms with E-state index in [4.69, 9.17) is 4.74 Å².